The SMILES string of the molecule is Cc1cccc([C@H](O)C=C[C@@H]2[C@H]3CC(CCCCC(=O)N(C)C)=C[C@H]3C[C@H]2O)c1. The van der Waals surface area contributed by atoms with Gasteiger partial charge in [0, 0.05) is 26.4 Å². The first kappa shape index (κ1) is 21.8. The van der Waals surface area contributed by atoms with Crippen LogP contribution in [0, 0.1) is 24.7 Å². The van der Waals surface area contributed by atoms with E-state index in [2.05, 4.69) is 6.08 Å². The molecule has 1 aromatic carbocycles. The summed E-state index contributed by atoms with van der Waals surface area (Å²) in [6.45, 7) is 2.02. The average molecular weight is 398 g/mol. The first-order chi connectivity index (χ1) is 13.8. The summed E-state index contributed by atoms with van der Waals surface area (Å²) in [5.41, 5.74) is 3.50. The van der Waals surface area contributed by atoms with Crippen molar-refractivity contribution in [3.63, 3.8) is 0 Å². The van der Waals surface area contributed by atoms with Gasteiger partial charge >= 0.3 is 0 Å². The number of aryl methyl sites for hydroxylation is 1. The molecule has 0 aliphatic heterocycles. The molecule has 0 saturated heterocycles. The molecule has 1 amide bonds. The molecule has 0 spiro atoms. The molecule has 4 nitrogen and oxygen atoms in total. The van der Waals surface area contributed by atoms with Crippen LogP contribution >= 0.6 is 0 Å². The van der Waals surface area contributed by atoms with Crippen LogP contribution in [0.25, 0.3) is 0 Å². The van der Waals surface area contributed by atoms with Crippen LogP contribution < -0.4 is 0 Å². The summed E-state index contributed by atoms with van der Waals surface area (Å²) >= 11 is 0. The van der Waals surface area contributed by atoms with Gasteiger partial charge in [-0.25, -0.2) is 0 Å². The Morgan fingerprint density at radius 2 is 2.10 bits per heavy atom. The molecule has 2 aliphatic rings. The minimum Gasteiger partial charge on any atom is -0.392 e. The van der Waals surface area contributed by atoms with Gasteiger partial charge in [-0.2, -0.15) is 0 Å². The predicted octanol–water partition coefficient (Wildman–Crippen LogP) is 4.18. The molecule has 0 bridgehead atoms. The second kappa shape index (κ2) is 9.73. The highest BCUT2D eigenvalue weighted by atomic mass is 16.3. The Hall–Kier alpha value is -1.91. The number of carbonyl (C=O) groups excluding carboxylic acids is 1. The first-order valence-corrected chi connectivity index (χ1v) is 10.9. The minimum absolute atomic E-state index is 0.100. The number of fused-ring (bicyclic) bond motifs is 1. The van der Waals surface area contributed by atoms with Gasteiger partial charge in [0.2, 0.25) is 5.91 Å². The van der Waals surface area contributed by atoms with Gasteiger partial charge in [0.15, 0.2) is 0 Å². The molecule has 29 heavy (non-hydrogen) atoms. The zero-order valence-corrected chi connectivity index (χ0v) is 17.9. The molecule has 2 aliphatic carbocycles. The van der Waals surface area contributed by atoms with Crippen molar-refractivity contribution in [3.8, 4) is 0 Å². The number of aliphatic hydroxyl groups excluding tert-OH is 2. The maximum Gasteiger partial charge on any atom is 0.222 e. The third kappa shape index (κ3) is 5.58. The van der Waals surface area contributed by atoms with Gasteiger partial charge in [0.25, 0.3) is 0 Å². The largest absolute Gasteiger partial charge is 0.392 e. The van der Waals surface area contributed by atoms with E-state index in [4.69, 9.17) is 0 Å². The van der Waals surface area contributed by atoms with Gasteiger partial charge in [-0.1, -0.05) is 53.6 Å². The molecule has 4 heteroatoms. The molecule has 3 rings (SSSR count). The highest BCUT2D eigenvalue weighted by molar-refractivity contribution is 5.75. The number of unbranched alkanes of at least 4 members (excludes halogenated alkanes) is 1. The molecule has 1 aromatic rings. The van der Waals surface area contributed by atoms with Crippen LogP contribution in [-0.4, -0.2) is 41.2 Å². The van der Waals surface area contributed by atoms with Crippen molar-refractivity contribution in [1.29, 1.82) is 0 Å². The first-order valence-electron chi connectivity index (χ1n) is 10.9. The topological polar surface area (TPSA) is 60.8 Å². The van der Waals surface area contributed by atoms with Crippen LogP contribution in [0.1, 0.15) is 55.8 Å². The van der Waals surface area contributed by atoms with E-state index in [1.54, 1.807) is 19.0 Å². The molecule has 0 unspecified atom stereocenters. The van der Waals surface area contributed by atoms with Gasteiger partial charge < -0.3 is 15.1 Å². The lowest BCUT2D eigenvalue weighted by molar-refractivity contribution is -0.128. The fourth-order valence-electron chi connectivity index (χ4n) is 4.84. The van der Waals surface area contributed by atoms with Crippen LogP contribution in [0.3, 0.4) is 0 Å². The fourth-order valence-corrected chi connectivity index (χ4v) is 4.84. The van der Waals surface area contributed by atoms with Gasteiger partial charge in [0.1, 0.15) is 0 Å². The number of carbonyl (C=O) groups is 1. The Bertz CT molecular complexity index is 767. The van der Waals surface area contributed by atoms with E-state index in [9.17, 15) is 15.0 Å². The second-order valence-corrected chi connectivity index (χ2v) is 8.98. The zero-order valence-electron chi connectivity index (χ0n) is 17.9. The maximum absolute atomic E-state index is 11.7. The zero-order chi connectivity index (χ0) is 21.0. The fraction of sp³-hybridized carbons (Fsp3) is 0.560. The Morgan fingerprint density at radius 3 is 2.83 bits per heavy atom. The van der Waals surface area contributed by atoms with Crippen molar-refractivity contribution in [3.05, 3.63) is 59.2 Å². The van der Waals surface area contributed by atoms with E-state index in [-0.39, 0.29) is 17.9 Å². The van der Waals surface area contributed by atoms with Crippen molar-refractivity contribution in [2.75, 3.05) is 14.1 Å². The molecule has 1 saturated carbocycles. The highest BCUT2D eigenvalue weighted by Gasteiger charge is 2.43. The number of benzene rings is 1. The highest BCUT2D eigenvalue weighted by Crippen LogP contribution is 2.48. The Labute approximate surface area is 174 Å². The molecule has 1 fully saturated rings. The van der Waals surface area contributed by atoms with Crippen molar-refractivity contribution in [2.45, 2.75) is 57.7 Å². The number of hydrogen-bond acceptors (Lipinski definition) is 3. The summed E-state index contributed by atoms with van der Waals surface area (Å²) in [5.74, 6) is 1.17. The summed E-state index contributed by atoms with van der Waals surface area (Å²) in [5, 5.41) is 21.0. The van der Waals surface area contributed by atoms with E-state index in [1.165, 1.54) is 5.57 Å². The number of aliphatic hydroxyl groups is 2. The van der Waals surface area contributed by atoms with E-state index in [0.717, 1.165) is 43.2 Å². The van der Waals surface area contributed by atoms with Crippen LogP contribution in [0.4, 0.5) is 0 Å². The predicted molar refractivity (Wildman–Crippen MR) is 116 cm³/mol. The van der Waals surface area contributed by atoms with Crippen molar-refractivity contribution < 1.29 is 15.0 Å². The summed E-state index contributed by atoms with van der Waals surface area (Å²) in [4.78, 5) is 13.3. The molecule has 158 valence electrons. The summed E-state index contributed by atoms with van der Waals surface area (Å²) in [6.07, 6.45) is 10.8. The molecule has 5 atom stereocenters. The normalized spacial score (nSPS) is 27.1. The standard InChI is InChI=1S/C25H35NO3/c1-17-7-6-9-19(13-17)23(27)12-11-21-22-15-18(14-20(22)16-24(21)28)8-4-5-10-25(29)26(2)3/h6-7,9,11-14,20-24,27-28H,4-5,8,10,15-16H2,1-3H3/t20-,21+,22-,23+,24+/m0/s1. The monoisotopic (exact) mass is 397 g/mol. The molecular weight excluding hydrogens is 362 g/mol. The molecule has 0 heterocycles. The third-order valence-corrected chi connectivity index (χ3v) is 6.49. The van der Waals surface area contributed by atoms with Crippen molar-refractivity contribution >= 4 is 5.91 Å². The number of amides is 1. The molecule has 0 aromatic heterocycles. The minimum atomic E-state index is -0.635. The van der Waals surface area contributed by atoms with E-state index in [1.807, 2.05) is 43.3 Å². The lowest BCUT2D eigenvalue weighted by Crippen LogP contribution is -2.21. The van der Waals surface area contributed by atoms with E-state index >= 15 is 0 Å². The van der Waals surface area contributed by atoms with Gasteiger partial charge in [-0.15, -0.1) is 0 Å². The number of nitrogens with zero attached hydrogens (tertiary/aromatic N) is 1. The third-order valence-electron chi connectivity index (χ3n) is 6.49. The lowest BCUT2D eigenvalue weighted by atomic mass is 9.88. The number of allylic oxidation sites excluding steroid dienone is 2. The van der Waals surface area contributed by atoms with Crippen LogP contribution in [0.15, 0.2) is 48.1 Å². The summed E-state index contributed by atoms with van der Waals surface area (Å²) in [7, 11) is 3.61. The molecule has 0 radical (unpaired) electrons. The lowest BCUT2D eigenvalue weighted by Gasteiger charge is -2.19. The Balaban J connectivity index is 1.51. The average Bonchev–Trinajstić information content (AvgIpc) is 3.19. The van der Waals surface area contributed by atoms with Crippen LogP contribution in [0.5, 0.6) is 0 Å². The molecule has 2 N–H and O–H groups in total. The summed E-state index contributed by atoms with van der Waals surface area (Å²) < 4.78 is 0. The maximum atomic E-state index is 11.7. The van der Waals surface area contributed by atoms with Crippen molar-refractivity contribution in [1.82, 2.24) is 4.90 Å². The van der Waals surface area contributed by atoms with Gasteiger partial charge in [-0.05, 0) is 56.4 Å². The Kier molecular flexibility index (Phi) is 7.31. The van der Waals surface area contributed by atoms with E-state index in [0.29, 0.717) is 18.3 Å². The Morgan fingerprint density at radius 1 is 1.31 bits per heavy atom. The molecular formula is C25H35NO3. The van der Waals surface area contributed by atoms with Crippen LogP contribution in [0.2, 0.25) is 0 Å². The van der Waals surface area contributed by atoms with Gasteiger partial charge in [-0.3, -0.25) is 4.79 Å². The van der Waals surface area contributed by atoms with Crippen molar-refractivity contribution in [2.24, 2.45) is 17.8 Å². The quantitative estimate of drug-likeness (QED) is 0.511. The number of hydrogen-bond donors (Lipinski definition) is 2. The summed E-state index contributed by atoms with van der Waals surface area (Å²) in [6, 6.07) is 7.92. The van der Waals surface area contributed by atoms with Crippen LogP contribution in [-0.2, 0) is 4.79 Å². The van der Waals surface area contributed by atoms with Gasteiger partial charge in [0.05, 0.1) is 12.2 Å². The number of rotatable bonds is 8. The second-order valence-electron chi connectivity index (χ2n) is 8.98. The van der Waals surface area contributed by atoms with E-state index < -0.39 is 6.10 Å². The smallest absolute Gasteiger partial charge is 0.222 e.